The molecule has 0 saturated carbocycles. The first-order chi connectivity index (χ1) is 53.7. The van der Waals surface area contributed by atoms with Crippen LogP contribution in [0.1, 0.15) is 297 Å². The maximum absolute atomic E-state index is 13.1. The molecule has 622 valence electrons. The lowest BCUT2D eigenvalue weighted by molar-refractivity contribution is -0.161. The topological polar surface area (TPSA) is 237 Å². The Morgan fingerprint density at radius 2 is 0.473 bits per heavy atom. The van der Waals surface area contributed by atoms with Crippen molar-refractivity contribution >= 4 is 39.5 Å². The van der Waals surface area contributed by atoms with E-state index in [1.807, 2.05) is 48.6 Å². The van der Waals surface area contributed by atoms with E-state index in [0.29, 0.717) is 44.9 Å². The monoisotopic (exact) mass is 1570 g/mol. The van der Waals surface area contributed by atoms with E-state index in [4.69, 9.17) is 37.0 Å². The van der Waals surface area contributed by atoms with Gasteiger partial charge < -0.3 is 33.8 Å². The summed E-state index contributed by atoms with van der Waals surface area (Å²) in [4.78, 5) is 73.1. The molecule has 5 atom stereocenters. The predicted molar refractivity (Wildman–Crippen MR) is 454 cm³/mol. The van der Waals surface area contributed by atoms with Crippen molar-refractivity contribution in [2.45, 2.75) is 316 Å². The summed E-state index contributed by atoms with van der Waals surface area (Å²) in [7, 11) is -10.1. The van der Waals surface area contributed by atoms with Gasteiger partial charge in [-0.2, -0.15) is 0 Å². The summed E-state index contributed by atoms with van der Waals surface area (Å²) in [5.74, 6) is -2.47. The van der Waals surface area contributed by atoms with Crippen LogP contribution in [0.15, 0.2) is 194 Å². The number of phosphoric acid groups is 2. The summed E-state index contributed by atoms with van der Waals surface area (Å²) in [5.41, 5.74) is 0. The number of phosphoric ester groups is 2. The Labute approximate surface area is 666 Å². The van der Waals surface area contributed by atoms with E-state index in [-0.39, 0.29) is 25.7 Å². The van der Waals surface area contributed by atoms with E-state index in [1.54, 1.807) is 0 Å². The number of aliphatic hydroxyl groups is 1. The second kappa shape index (κ2) is 80.9. The van der Waals surface area contributed by atoms with Gasteiger partial charge in [0.1, 0.15) is 19.3 Å². The second-order valence-electron chi connectivity index (χ2n) is 27.0. The maximum Gasteiger partial charge on any atom is 0.472 e. The SMILES string of the molecule is CCCCC/C=C\C/C=C\C/C=C\C/C=C\C/C=C\CCC(=O)OC[C@H](COP(=O)(O)OC[C@@H](O)COP(=O)(O)OC[C@@H](COC(=O)CCCCCCC/C=C\C/C=C\CCCCC)OC(=O)CCC/C=C\C/C=C\C/C=C\C/C=C\CCCCC)OC(=O)CC/C=C\C/C=C\C/C=C\C/C=C\C/C=C\CCCCC. The van der Waals surface area contributed by atoms with Gasteiger partial charge in [-0.3, -0.25) is 37.3 Å². The minimum absolute atomic E-state index is 0.00508. The third kappa shape index (κ3) is 80.0. The van der Waals surface area contributed by atoms with Crippen LogP contribution in [0, 0.1) is 0 Å². The molecule has 0 aliphatic carbocycles. The zero-order chi connectivity index (χ0) is 80.3. The number of unbranched alkanes of at least 4 members (excludes halogenated alkanes) is 18. The highest BCUT2D eigenvalue weighted by atomic mass is 31.2. The van der Waals surface area contributed by atoms with Crippen LogP contribution < -0.4 is 0 Å². The van der Waals surface area contributed by atoms with Crippen LogP contribution in [0.5, 0.6) is 0 Å². The Bertz CT molecular complexity index is 2850. The van der Waals surface area contributed by atoms with Crippen molar-refractivity contribution < 1.29 is 80.2 Å². The van der Waals surface area contributed by atoms with Crippen LogP contribution in [-0.4, -0.2) is 96.7 Å². The Kier molecular flexibility index (Phi) is 76.4. The van der Waals surface area contributed by atoms with Crippen molar-refractivity contribution in [1.82, 2.24) is 0 Å². The molecule has 0 fully saturated rings. The van der Waals surface area contributed by atoms with Crippen molar-refractivity contribution in [2.75, 3.05) is 39.6 Å². The predicted octanol–water partition coefficient (Wildman–Crippen LogP) is 24.9. The van der Waals surface area contributed by atoms with Crippen LogP contribution in [0.2, 0.25) is 0 Å². The van der Waals surface area contributed by atoms with E-state index >= 15 is 0 Å². The van der Waals surface area contributed by atoms with Gasteiger partial charge in [-0.15, -0.1) is 0 Å². The fraction of sp³-hybridized carbons (Fsp3) is 0.604. The number of esters is 4. The summed E-state index contributed by atoms with van der Waals surface area (Å²) in [6, 6.07) is 0. The first-order valence-corrected chi connectivity index (χ1v) is 44.7. The largest absolute Gasteiger partial charge is 0.472 e. The molecule has 2 unspecified atom stereocenters. The highest BCUT2D eigenvalue weighted by Gasteiger charge is 2.30. The number of carbonyl (C=O) groups excluding carboxylic acids is 4. The molecule has 0 spiro atoms. The maximum atomic E-state index is 13.1. The number of hydrogen-bond acceptors (Lipinski definition) is 15. The lowest BCUT2D eigenvalue weighted by Crippen LogP contribution is -2.30. The zero-order valence-electron chi connectivity index (χ0n) is 68.1. The second-order valence-corrected chi connectivity index (χ2v) is 29.9. The van der Waals surface area contributed by atoms with Crippen molar-refractivity contribution in [2.24, 2.45) is 0 Å². The van der Waals surface area contributed by atoms with E-state index in [0.717, 1.165) is 122 Å². The number of rotatable bonds is 76. The molecule has 110 heavy (non-hydrogen) atoms. The van der Waals surface area contributed by atoms with Gasteiger partial charge in [-0.05, 0) is 173 Å². The Hall–Kier alpha value is -6.10. The number of allylic oxidation sites excluding steroid dienone is 32. The minimum atomic E-state index is -5.03. The average molecular weight is 1570 g/mol. The lowest BCUT2D eigenvalue weighted by atomic mass is 10.1. The first-order valence-electron chi connectivity index (χ1n) is 41.7. The number of carbonyl (C=O) groups is 4. The summed E-state index contributed by atoms with van der Waals surface area (Å²) in [5, 5.41) is 10.7. The van der Waals surface area contributed by atoms with Crippen molar-refractivity contribution in [1.29, 1.82) is 0 Å². The molecule has 0 saturated heterocycles. The summed E-state index contributed by atoms with van der Waals surface area (Å²) in [6.45, 7) is 4.50. The van der Waals surface area contributed by atoms with Crippen molar-refractivity contribution in [3.05, 3.63) is 194 Å². The molecule has 0 rings (SSSR count). The molecule has 0 aliphatic rings. The van der Waals surface area contributed by atoms with Gasteiger partial charge in [0.25, 0.3) is 0 Å². The molecule has 19 heteroatoms. The Balaban J connectivity index is 5.60. The number of hydrogen-bond donors (Lipinski definition) is 3. The van der Waals surface area contributed by atoms with Crippen molar-refractivity contribution in [3.8, 4) is 0 Å². The van der Waals surface area contributed by atoms with E-state index < -0.39 is 97.5 Å². The summed E-state index contributed by atoms with van der Waals surface area (Å²) >= 11 is 0. The molecule has 0 amide bonds. The Morgan fingerprint density at radius 3 is 0.782 bits per heavy atom. The standard InChI is InChI=1S/C91H146O17P2/c1-5-9-13-17-21-25-29-33-37-40-42-45-48-52-56-60-64-68-72-76-89(94)102-82-87(108-91(96)78-74-70-66-62-58-54-50-46-43-41-38-34-30-26-22-18-14-10-6-2)84-106-110(99,100)104-80-85(92)79-103-109(97,98)105-83-86(81-101-88(93)75-71-67-63-59-55-51-47-36-32-28-24-20-16-12-8-4)107-90(95)77-73-69-65-61-57-53-49-44-39-35-31-27-23-19-15-11-7-3/h21-28,33-39,42-43,45-47,49,52-54,56,58,61,64-66,68,70,85-87,92H,5-20,29-32,40-41,44,48,50-51,55,57,59-60,62-63,67,69,71-84H2,1-4H3,(H,97,98)(H,99,100)/b25-21-,26-22-,27-23-,28-24-,37-33-,38-34-,39-35-,45-42-,46-43-,47-36-,53-49-,56-52-,58-54-,65-61-,68-64-,70-66-/t85-,86+,87+/m0/s1. The van der Waals surface area contributed by atoms with Crippen LogP contribution in [0.4, 0.5) is 0 Å². The van der Waals surface area contributed by atoms with Gasteiger partial charge >= 0.3 is 39.5 Å². The van der Waals surface area contributed by atoms with Gasteiger partial charge in [0.15, 0.2) is 12.2 Å². The molecule has 0 bridgehead atoms. The van der Waals surface area contributed by atoms with Crippen molar-refractivity contribution in [3.63, 3.8) is 0 Å². The van der Waals surface area contributed by atoms with Crippen LogP contribution >= 0.6 is 15.6 Å². The van der Waals surface area contributed by atoms with Gasteiger partial charge in [0.05, 0.1) is 26.4 Å². The summed E-state index contributed by atoms with van der Waals surface area (Å²) in [6.07, 6.45) is 100. The highest BCUT2D eigenvalue weighted by Crippen LogP contribution is 2.45. The van der Waals surface area contributed by atoms with E-state index in [9.17, 15) is 43.2 Å². The van der Waals surface area contributed by atoms with Gasteiger partial charge in [-0.1, -0.05) is 293 Å². The number of aliphatic hydroxyl groups excluding tert-OH is 1. The highest BCUT2D eigenvalue weighted by molar-refractivity contribution is 7.47. The zero-order valence-corrected chi connectivity index (χ0v) is 69.9. The quantitative estimate of drug-likeness (QED) is 0.0169. The molecule has 0 aliphatic heterocycles. The lowest BCUT2D eigenvalue weighted by Gasteiger charge is -2.21. The molecule has 0 aromatic heterocycles. The summed E-state index contributed by atoms with van der Waals surface area (Å²) < 4.78 is 68.5. The third-order valence-corrected chi connectivity index (χ3v) is 18.4. The van der Waals surface area contributed by atoms with E-state index in [1.165, 1.54) is 77.0 Å². The molecular weight excluding hydrogens is 1430 g/mol. The van der Waals surface area contributed by atoms with Crippen LogP contribution in [0.25, 0.3) is 0 Å². The number of ether oxygens (including phenoxy) is 4. The fourth-order valence-electron chi connectivity index (χ4n) is 10.1. The molecule has 0 radical (unpaired) electrons. The molecule has 3 N–H and O–H groups in total. The molecular formula is C91H146O17P2. The normalized spacial score (nSPS) is 14.8. The molecule has 17 nitrogen and oxygen atoms in total. The van der Waals surface area contributed by atoms with E-state index in [2.05, 4.69) is 174 Å². The molecule has 0 heterocycles. The molecule has 0 aromatic rings. The van der Waals surface area contributed by atoms with Gasteiger partial charge in [0.2, 0.25) is 0 Å². The minimum Gasteiger partial charge on any atom is -0.462 e. The smallest absolute Gasteiger partial charge is 0.462 e. The van der Waals surface area contributed by atoms with Gasteiger partial charge in [0, 0.05) is 25.7 Å². The fourth-order valence-corrected chi connectivity index (χ4v) is 11.7. The van der Waals surface area contributed by atoms with Crippen LogP contribution in [0.3, 0.4) is 0 Å². The Morgan fingerprint density at radius 1 is 0.255 bits per heavy atom. The average Bonchev–Trinajstić information content (AvgIpc) is 0.907. The van der Waals surface area contributed by atoms with Crippen LogP contribution in [-0.2, 0) is 65.4 Å². The van der Waals surface area contributed by atoms with Gasteiger partial charge in [-0.25, -0.2) is 9.13 Å². The first kappa shape index (κ1) is 104. The third-order valence-electron chi connectivity index (χ3n) is 16.5. The molecule has 0 aromatic carbocycles.